The Morgan fingerprint density at radius 1 is 0.880 bits per heavy atom. The Balaban J connectivity index is 2.66. The second kappa shape index (κ2) is 6.86. The zero-order valence-corrected chi connectivity index (χ0v) is 13.7. The third-order valence-corrected chi connectivity index (χ3v) is 4.24. The van der Waals surface area contributed by atoms with Gasteiger partial charge in [-0.1, -0.05) is 56.7 Å². The van der Waals surface area contributed by atoms with Crippen molar-refractivity contribution in [3.05, 3.63) is 48.0 Å². The maximum atomic E-state index is 13.7. The van der Waals surface area contributed by atoms with Crippen LogP contribution in [0.5, 0.6) is 0 Å². The molecule has 0 saturated carbocycles. The van der Waals surface area contributed by atoms with Crippen molar-refractivity contribution in [2.24, 2.45) is 5.92 Å². The SMILES string of the molecule is CCC(C)COC(c1ccc2ccccc2c1)(C(F)(F)F)C(F)(F)F. The van der Waals surface area contributed by atoms with Crippen LogP contribution in [0.2, 0.25) is 0 Å². The predicted octanol–water partition coefficient (Wildman–Crippen LogP) is 6.22. The summed E-state index contributed by atoms with van der Waals surface area (Å²) in [4.78, 5) is 0. The number of halogens is 6. The number of ether oxygens (including phenoxy) is 1. The molecule has 0 radical (unpaired) electrons. The zero-order valence-electron chi connectivity index (χ0n) is 13.7. The van der Waals surface area contributed by atoms with Gasteiger partial charge in [0, 0.05) is 5.56 Å². The Bertz CT molecular complexity index is 705. The lowest BCUT2D eigenvalue weighted by molar-refractivity contribution is -0.391. The maximum Gasteiger partial charge on any atom is 0.430 e. The van der Waals surface area contributed by atoms with Crippen molar-refractivity contribution in [3.63, 3.8) is 0 Å². The van der Waals surface area contributed by atoms with Gasteiger partial charge >= 0.3 is 12.4 Å². The Hall–Kier alpha value is -1.76. The first kappa shape index (κ1) is 19.6. The van der Waals surface area contributed by atoms with Crippen LogP contribution < -0.4 is 0 Å². The summed E-state index contributed by atoms with van der Waals surface area (Å²) in [6.07, 6.45) is -10.9. The van der Waals surface area contributed by atoms with E-state index in [1.807, 2.05) is 0 Å². The number of alkyl halides is 6. The summed E-state index contributed by atoms with van der Waals surface area (Å²) in [7, 11) is 0. The summed E-state index contributed by atoms with van der Waals surface area (Å²) in [5, 5.41) is 0.830. The van der Waals surface area contributed by atoms with Gasteiger partial charge in [-0.3, -0.25) is 0 Å². The minimum Gasteiger partial charge on any atom is -0.354 e. The summed E-state index contributed by atoms with van der Waals surface area (Å²) in [5.41, 5.74) is -5.32. The van der Waals surface area contributed by atoms with E-state index in [0.29, 0.717) is 11.8 Å². The van der Waals surface area contributed by atoms with Crippen LogP contribution in [-0.2, 0) is 10.3 Å². The van der Waals surface area contributed by atoms with E-state index in [1.54, 1.807) is 25.1 Å². The van der Waals surface area contributed by atoms with Gasteiger partial charge in [-0.05, 0) is 22.8 Å². The standard InChI is InChI=1S/C18H18F6O/c1-3-12(2)11-25-16(17(19,20)21,18(22,23)24)15-9-8-13-6-4-5-7-14(13)10-15/h4-10,12H,3,11H2,1-2H3. The largest absolute Gasteiger partial charge is 0.430 e. The van der Waals surface area contributed by atoms with Crippen LogP contribution in [0.1, 0.15) is 25.8 Å². The van der Waals surface area contributed by atoms with Gasteiger partial charge in [-0.15, -0.1) is 0 Å². The minimum absolute atomic E-state index is 0.282. The molecule has 2 rings (SSSR count). The van der Waals surface area contributed by atoms with Crippen molar-refractivity contribution in [2.45, 2.75) is 38.2 Å². The van der Waals surface area contributed by atoms with Crippen molar-refractivity contribution < 1.29 is 31.1 Å². The lowest BCUT2D eigenvalue weighted by Gasteiger charge is -2.38. The van der Waals surface area contributed by atoms with Gasteiger partial charge in [0.15, 0.2) is 0 Å². The van der Waals surface area contributed by atoms with Crippen molar-refractivity contribution >= 4 is 10.8 Å². The van der Waals surface area contributed by atoms with Gasteiger partial charge in [0.25, 0.3) is 5.60 Å². The van der Waals surface area contributed by atoms with E-state index < -0.39 is 36.0 Å². The van der Waals surface area contributed by atoms with Crippen LogP contribution in [0.4, 0.5) is 26.3 Å². The predicted molar refractivity (Wildman–Crippen MR) is 83.1 cm³/mol. The highest BCUT2D eigenvalue weighted by atomic mass is 19.4. The molecule has 0 spiro atoms. The third-order valence-electron chi connectivity index (χ3n) is 4.24. The smallest absolute Gasteiger partial charge is 0.354 e. The fourth-order valence-electron chi connectivity index (χ4n) is 2.53. The molecule has 0 aromatic heterocycles. The van der Waals surface area contributed by atoms with Gasteiger partial charge < -0.3 is 4.74 Å². The Morgan fingerprint density at radius 3 is 1.96 bits per heavy atom. The van der Waals surface area contributed by atoms with E-state index >= 15 is 0 Å². The highest BCUT2D eigenvalue weighted by molar-refractivity contribution is 5.83. The minimum atomic E-state index is -5.65. The molecule has 0 aliphatic heterocycles. The lowest BCUT2D eigenvalue weighted by Crippen LogP contribution is -2.56. The molecule has 0 amide bonds. The highest BCUT2D eigenvalue weighted by Gasteiger charge is 2.73. The fourth-order valence-corrected chi connectivity index (χ4v) is 2.53. The maximum absolute atomic E-state index is 13.7. The molecule has 0 heterocycles. The molecule has 0 aliphatic rings. The Morgan fingerprint density at radius 2 is 1.44 bits per heavy atom. The second-order valence-corrected chi connectivity index (χ2v) is 6.06. The molecular formula is C18H18F6O. The fraction of sp³-hybridized carbons (Fsp3) is 0.444. The zero-order chi connectivity index (χ0) is 18.9. The van der Waals surface area contributed by atoms with Gasteiger partial charge in [0.2, 0.25) is 0 Å². The molecule has 0 aliphatic carbocycles. The van der Waals surface area contributed by atoms with E-state index in [2.05, 4.69) is 4.74 Å². The van der Waals surface area contributed by atoms with E-state index in [1.165, 1.54) is 19.1 Å². The number of rotatable bonds is 5. The monoisotopic (exact) mass is 364 g/mol. The van der Waals surface area contributed by atoms with Crippen LogP contribution >= 0.6 is 0 Å². The van der Waals surface area contributed by atoms with E-state index in [4.69, 9.17) is 0 Å². The molecule has 138 valence electrons. The van der Waals surface area contributed by atoms with Gasteiger partial charge in [-0.2, -0.15) is 26.3 Å². The lowest BCUT2D eigenvalue weighted by atomic mass is 9.89. The van der Waals surface area contributed by atoms with Crippen molar-refractivity contribution in [1.29, 1.82) is 0 Å². The number of fused-ring (bicyclic) bond motifs is 1. The molecule has 2 aromatic carbocycles. The van der Waals surface area contributed by atoms with Gasteiger partial charge in [0.1, 0.15) is 0 Å². The van der Waals surface area contributed by atoms with E-state index in [-0.39, 0.29) is 5.39 Å². The first-order chi connectivity index (χ1) is 11.5. The summed E-state index contributed by atoms with van der Waals surface area (Å²) >= 11 is 0. The van der Waals surface area contributed by atoms with Gasteiger partial charge in [-0.25, -0.2) is 0 Å². The quantitative estimate of drug-likeness (QED) is 0.572. The van der Waals surface area contributed by atoms with Crippen LogP contribution in [0, 0.1) is 5.92 Å². The molecule has 1 atom stereocenters. The molecule has 1 nitrogen and oxygen atoms in total. The molecule has 0 N–H and O–H groups in total. The first-order valence-electron chi connectivity index (χ1n) is 7.79. The van der Waals surface area contributed by atoms with Crippen molar-refractivity contribution in [3.8, 4) is 0 Å². The van der Waals surface area contributed by atoms with Crippen molar-refractivity contribution in [2.75, 3.05) is 6.61 Å². The number of hydrogen-bond donors (Lipinski definition) is 0. The molecule has 7 heteroatoms. The van der Waals surface area contributed by atoms with Crippen LogP contribution in [0.15, 0.2) is 42.5 Å². The molecule has 0 saturated heterocycles. The number of benzene rings is 2. The summed E-state index contributed by atoms with van der Waals surface area (Å²) < 4.78 is 86.6. The second-order valence-electron chi connectivity index (χ2n) is 6.06. The molecule has 0 fully saturated rings. The average molecular weight is 364 g/mol. The molecule has 1 unspecified atom stereocenters. The van der Waals surface area contributed by atoms with E-state index in [0.717, 1.165) is 12.1 Å². The van der Waals surface area contributed by atoms with Crippen LogP contribution in [0.3, 0.4) is 0 Å². The van der Waals surface area contributed by atoms with Crippen LogP contribution in [-0.4, -0.2) is 19.0 Å². The topological polar surface area (TPSA) is 9.23 Å². The average Bonchev–Trinajstić information content (AvgIpc) is 2.52. The highest BCUT2D eigenvalue weighted by Crippen LogP contribution is 2.53. The normalized spacial score (nSPS) is 14.7. The third kappa shape index (κ3) is 3.61. The molecule has 25 heavy (non-hydrogen) atoms. The molecule has 0 bridgehead atoms. The number of hydrogen-bond acceptors (Lipinski definition) is 1. The van der Waals surface area contributed by atoms with E-state index in [9.17, 15) is 26.3 Å². The molecule has 2 aromatic rings. The van der Waals surface area contributed by atoms with Gasteiger partial charge in [0.05, 0.1) is 6.61 Å². The molecular weight excluding hydrogens is 346 g/mol. The summed E-state index contributed by atoms with van der Waals surface area (Å²) in [5.74, 6) is -0.440. The summed E-state index contributed by atoms with van der Waals surface area (Å²) in [6.45, 7) is 2.56. The summed E-state index contributed by atoms with van der Waals surface area (Å²) in [6, 6.07) is 9.25. The Labute approximate surface area is 141 Å². The van der Waals surface area contributed by atoms with Crippen LogP contribution in [0.25, 0.3) is 10.8 Å². The Kier molecular flexibility index (Phi) is 5.37. The van der Waals surface area contributed by atoms with Crippen molar-refractivity contribution in [1.82, 2.24) is 0 Å². The first-order valence-corrected chi connectivity index (χ1v) is 7.79.